The highest BCUT2D eigenvalue weighted by Crippen LogP contribution is 2.32. The average molecular weight is 467 g/mol. The van der Waals surface area contributed by atoms with Crippen LogP contribution in [0.5, 0.6) is 0 Å². The molecule has 6 nitrogen and oxygen atoms in total. The number of amides is 2. The number of imidazole rings is 1. The van der Waals surface area contributed by atoms with Gasteiger partial charge in [-0.25, -0.2) is 4.98 Å². The van der Waals surface area contributed by atoms with Crippen LogP contribution in [0.2, 0.25) is 0 Å². The molecule has 1 aromatic carbocycles. The van der Waals surface area contributed by atoms with E-state index in [1.54, 1.807) is 0 Å². The zero-order valence-corrected chi connectivity index (χ0v) is 21.2. The number of nitrogens with one attached hydrogen (secondary N) is 3. The molecule has 2 aliphatic carbocycles. The minimum atomic E-state index is -0.756. The quantitative estimate of drug-likeness (QED) is 0.502. The fourth-order valence-electron chi connectivity index (χ4n) is 5.47. The first-order valence-corrected chi connectivity index (χ1v) is 13.5. The highest BCUT2D eigenvalue weighted by molar-refractivity contribution is 5.93. The van der Waals surface area contributed by atoms with Gasteiger partial charge in [-0.15, -0.1) is 0 Å². The van der Waals surface area contributed by atoms with Crippen LogP contribution in [-0.2, 0) is 21.4 Å². The van der Waals surface area contributed by atoms with Crippen molar-refractivity contribution >= 4 is 22.8 Å². The second kappa shape index (κ2) is 10.9. The monoisotopic (exact) mass is 466 g/mol. The lowest BCUT2D eigenvalue weighted by molar-refractivity contribution is -0.133. The molecule has 0 spiro atoms. The number of carbonyl (C=O) groups excluding carboxylic acids is 2. The van der Waals surface area contributed by atoms with Gasteiger partial charge in [0.1, 0.15) is 11.9 Å². The Morgan fingerprint density at radius 3 is 2.41 bits per heavy atom. The van der Waals surface area contributed by atoms with Gasteiger partial charge in [0.2, 0.25) is 11.8 Å². The van der Waals surface area contributed by atoms with Crippen molar-refractivity contribution in [1.29, 1.82) is 0 Å². The van der Waals surface area contributed by atoms with Gasteiger partial charge in [-0.1, -0.05) is 57.4 Å². The lowest BCUT2D eigenvalue weighted by atomic mass is 9.78. The van der Waals surface area contributed by atoms with Crippen LogP contribution in [0, 0.1) is 11.8 Å². The molecule has 4 rings (SSSR count). The predicted octanol–water partition coefficient (Wildman–Crippen LogP) is 5.16. The molecule has 2 aliphatic rings. The van der Waals surface area contributed by atoms with Crippen molar-refractivity contribution in [3.8, 4) is 0 Å². The molecular weight excluding hydrogens is 424 g/mol. The van der Waals surface area contributed by atoms with Crippen LogP contribution in [0.3, 0.4) is 0 Å². The molecule has 0 aliphatic heterocycles. The second-order valence-electron chi connectivity index (χ2n) is 11.0. The second-order valence-corrected chi connectivity index (χ2v) is 11.0. The number of fused-ring (bicyclic) bond motifs is 1. The molecule has 1 aromatic heterocycles. The zero-order valence-electron chi connectivity index (χ0n) is 21.2. The van der Waals surface area contributed by atoms with Gasteiger partial charge in [-0.3, -0.25) is 9.59 Å². The molecule has 2 aromatic rings. The van der Waals surface area contributed by atoms with E-state index in [-0.39, 0.29) is 17.7 Å². The summed E-state index contributed by atoms with van der Waals surface area (Å²) in [6.45, 7) is 6.35. The fraction of sp³-hybridized carbons (Fsp3) is 0.679. The molecule has 2 amide bonds. The molecule has 0 unspecified atom stereocenters. The van der Waals surface area contributed by atoms with Crippen molar-refractivity contribution in [2.45, 2.75) is 103 Å². The van der Waals surface area contributed by atoms with Crippen LogP contribution in [0.1, 0.15) is 96.4 Å². The molecule has 34 heavy (non-hydrogen) atoms. The Morgan fingerprint density at radius 2 is 1.76 bits per heavy atom. The summed E-state index contributed by atoms with van der Waals surface area (Å²) in [7, 11) is 0. The summed E-state index contributed by atoms with van der Waals surface area (Å²) in [5.41, 5.74) is 2.11. The van der Waals surface area contributed by atoms with E-state index in [1.165, 1.54) is 44.9 Å². The molecule has 3 N–H and O–H groups in total. The maximum atomic E-state index is 13.4. The van der Waals surface area contributed by atoms with Gasteiger partial charge in [0.05, 0.1) is 16.4 Å². The van der Waals surface area contributed by atoms with Crippen LogP contribution in [-0.4, -0.2) is 34.4 Å². The van der Waals surface area contributed by atoms with Gasteiger partial charge in [-0.05, 0) is 63.1 Å². The van der Waals surface area contributed by atoms with E-state index in [9.17, 15) is 9.59 Å². The molecule has 1 atom stereocenters. The average Bonchev–Trinajstić information content (AvgIpc) is 3.15. The van der Waals surface area contributed by atoms with Crippen molar-refractivity contribution < 1.29 is 9.59 Å². The summed E-state index contributed by atoms with van der Waals surface area (Å²) < 4.78 is 0. The maximum Gasteiger partial charge on any atom is 0.242 e. The van der Waals surface area contributed by atoms with Crippen molar-refractivity contribution in [2.24, 2.45) is 11.8 Å². The van der Waals surface area contributed by atoms with Gasteiger partial charge in [0.25, 0.3) is 0 Å². The smallest absolute Gasteiger partial charge is 0.242 e. The number of nitrogens with zero attached hydrogens (tertiary/aromatic N) is 1. The van der Waals surface area contributed by atoms with Gasteiger partial charge in [0, 0.05) is 13.0 Å². The maximum absolute atomic E-state index is 13.4. The number of aromatic amines is 1. The van der Waals surface area contributed by atoms with Crippen molar-refractivity contribution in [2.75, 3.05) is 6.54 Å². The number of carbonyl (C=O) groups is 2. The van der Waals surface area contributed by atoms with Crippen LogP contribution < -0.4 is 10.6 Å². The van der Waals surface area contributed by atoms with Gasteiger partial charge in [0.15, 0.2) is 0 Å². The Labute approximate surface area is 204 Å². The molecule has 2 saturated carbocycles. The summed E-state index contributed by atoms with van der Waals surface area (Å²) in [4.78, 5) is 34.4. The predicted molar refractivity (Wildman–Crippen MR) is 137 cm³/mol. The number of hydrogen-bond donors (Lipinski definition) is 3. The minimum absolute atomic E-state index is 0.0702. The summed E-state index contributed by atoms with van der Waals surface area (Å²) in [5.74, 6) is 1.82. The Kier molecular flexibility index (Phi) is 7.95. The Hall–Kier alpha value is -2.37. The molecule has 2 fully saturated rings. The first kappa shape index (κ1) is 24.7. The summed E-state index contributed by atoms with van der Waals surface area (Å²) in [5, 5.41) is 5.98. The molecule has 0 bridgehead atoms. The fourth-order valence-corrected chi connectivity index (χ4v) is 5.47. The van der Waals surface area contributed by atoms with Gasteiger partial charge in [-0.2, -0.15) is 0 Å². The Bertz CT molecular complexity index is 983. The number of rotatable bonds is 8. The van der Waals surface area contributed by atoms with Crippen LogP contribution in [0.15, 0.2) is 18.2 Å². The number of benzene rings is 1. The third-order valence-corrected chi connectivity index (χ3v) is 8.07. The normalized spacial score (nSPS) is 19.1. The van der Waals surface area contributed by atoms with Crippen molar-refractivity contribution in [1.82, 2.24) is 20.6 Å². The van der Waals surface area contributed by atoms with E-state index < -0.39 is 11.5 Å². The molecule has 1 heterocycles. The lowest BCUT2D eigenvalue weighted by Crippen LogP contribution is -2.55. The molecule has 186 valence electrons. The van der Waals surface area contributed by atoms with E-state index >= 15 is 0 Å². The van der Waals surface area contributed by atoms with E-state index in [1.807, 2.05) is 32.9 Å². The van der Waals surface area contributed by atoms with E-state index in [4.69, 9.17) is 4.98 Å². The number of aromatic nitrogens is 2. The summed E-state index contributed by atoms with van der Waals surface area (Å²) >= 11 is 0. The number of H-pyrrole nitrogens is 1. The summed E-state index contributed by atoms with van der Waals surface area (Å²) in [6.07, 6.45) is 13.5. The Balaban J connectivity index is 1.47. The molecule has 6 heteroatoms. The van der Waals surface area contributed by atoms with E-state index in [0.717, 1.165) is 48.1 Å². The molecule has 0 saturated heterocycles. The lowest BCUT2D eigenvalue weighted by Gasteiger charge is -2.35. The van der Waals surface area contributed by atoms with Crippen molar-refractivity contribution in [3.05, 3.63) is 29.6 Å². The highest BCUT2D eigenvalue weighted by atomic mass is 16.2. The first-order valence-electron chi connectivity index (χ1n) is 13.5. The van der Waals surface area contributed by atoms with Gasteiger partial charge < -0.3 is 15.6 Å². The summed E-state index contributed by atoms with van der Waals surface area (Å²) in [6, 6.07) is 5.64. The van der Waals surface area contributed by atoms with Crippen LogP contribution in [0.4, 0.5) is 0 Å². The van der Waals surface area contributed by atoms with Crippen molar-refractivity contribution in [3.63, 3.8) is 0 Å². The first-order chi connectivity index (χ1) is 16.4. The Morgan fingerprint density at radius 1 is 1.06 bits per heavy atom. The van der Waals surface area contributed by atoms with Gasteiger partial charge >= 0.3 is 0 Å². The van der Waals surface area contributed by atoms with Crippen LogP contribution >= 0.6 is 0 Å². The highest BCUT2D eigenvalue weighted by Gasteiger charge is 2.38. The largest absolute Gasteiger partial charge is 0.355 e. The van der Waals surface area contributed by atoms with Crippen LogP contribution in [0.25, 0.3) is 11.0 Å². The molecular formula is C28H42N4O2. The standard InChI is InChI=1S/C28H42N4O2/c1-4-29-26(33)25(20-13-10-14-20)32-27(34)28(2,3)21-15-16-22-23(18-21)31-24(30-22)17-19-11-8-6-5-7-9-12-19/h15-16,18-20,25H,4-14,17H2,1-3H3,(H,29,33)(H,30,31)(H,32,34)/t25-/m1/s1. The minimum Gasteiger partial charge on any atom is -0.355 e. The number of likely N-dealkylation sites (N-methyl/N-ethyl adjacent to an activating group) is 1. The van der Waals surface area contributed by atoms with E-state index in [2.05, 4.69) is 21.7 Å². The number of hydrogen-bond acceptors (Lipinski definition) is 3. The SMILES string of the molecule is CCNC(=O)[C@H](NC(=O)C(C)(C)c1ccc2nc(CC3CCCCCCC3)[nH]c2c1)C1CCC1. The topological polar surface area (TPSA) is 86.9 Å². The van der Waals surface area contributed by atoms with E-state index in [0.29, 0.717) is 12.5 Å². The third-order valence-electron chi connectivity index (χ3n) is 8.07. The third kappa shape index (κ3) is 5.64. The zero-order chi connectivity index (χ0) is 24.1. The molecule has 0 radical (unpaired) electrons.